The van der Waals surface area contributed by atoms with Crippen LogP contribution in [0.3, 0.4) is 0 Å². The summed E-state index contributed by atoms with van der Waals surface area (Å²) in [4.78, 5) is 26.1. The van der Waals surface area contributed by atoms with E-state index in [-0.39, 0.29) is 27.8 Å². The number of carbonyl (C=O) groups excluding carboxylic acids is 2. The summed E-state index contributed by atoms with van der Waals surface area (Å²) in [6.07, 6.45) is -1.05. The number of ketones is 1. The van der Waals surface area contributed by atoms with Gasteiger partial charge in [0, 0.05) is 10.9 Å². The van der Waals surface area contributed by atoms with E-state index in [1.54, 1.807) is 42.5 Å². The summed E-state index contributed by atoms with van der Waals surface area (Å²) in [5.41, 5.74) is 0.862. The van der Waals surface area contributed by atoms with Gasteiger partial charge in [-0.3, -0.25) is 9.59 Å². The summed E-state index contributed by atoms with van der Waals surface area (Å²) in [6, 6.07) is 17.3. The van der Waals surface area contributed by atoms with Gasteiger partial charge in [0.05, 0.1) is 17.8 Å². The molecule has 1 N–H and O–H groups in total. The molecule has 168 valence electrons. The minimum Gasteiger partial charge on any atom is -0.495 e. The smallest absolute Gasteiger partial charge is 0.265 e. The van der Waals surface area contributed by atoms with Crippen LogP contribution in [-0.4, -0.2) is 24.9 Å². The lowest BCUT2D eigenvalue weighted by molar-refractivity contribution is -0.122. The zero-order chi connectivity index (χ0) is 23.5. The molecule has 1 amide bonds. The summed E-state index contributed by atoms with van der Waals surface area (Å²) < 4.78 is 30.3. The van der Waals surface area contributed by atoms with Gasteiger partial charge in [-0.15, -0.1) is 0 Å². The maximum Gasteiger partial charge on any atom is 0.265 e. The number of nitrogens with one attached hydrogen (secondary N) is 1. The SMILES string of the molecule is COc1ccc(C(=O)c2oc3ccccc3c2NC(=O)C(C)Oc2ccccc2F)cc1Cl. The van der Waals surface area contributed by atoms with E-state index in [4.69, 9.17) is 25.5 Å². The van der Waals surface area contributed by atoms with Crippen LogP contribution >= 0.6 is 11.6 Å². The van der Waals surface area contributed by atoms with Gasteiger partial charge in [0.15, 0.2) is 23.4 Å². The molecule has 4 rings (SSSR count). The molecule has 0 radical (unpaired) electrons. The number of halogens is 2. The highest BCUT2D eigenvalue weighted by Crippen LogP contribution is 2.34. The number of fused-ring (bicyclic) bond motifs is 1. The van der Waals surface area contributed by atoms with Crippen LogP contribution in [0, 0.1) is 5.82 Å². The van der Waals surface area contributed by atoms with Gasteiger partial charge in [0.2, 0.25) is 5.78 Å². The summed E-state index contributed by atoms with van der Waals surface area (Å²) in [7, 11) is 1.47. The first-order valence-corrected chi connectivity index (χ1v) is 10.4. The maximum atomic E-state index is 13.9. The van der Waals surface area contributed by atoms with Gasteiger partial charge in [-0.1, -0.05) is 35.9 Å². The number of benzene rings is 3. The lowest BCUT2D eigenvalue weighted by atomic mass is 10.1. The van der Waals surface area contributed by atoms with Crippen LogP contribution in [0.1, 0.15) is 23.0 Å². The first kappa shape index (κ1) is 22.4. The summed E-state index contributed by atoms with van der Waals surface area (Å²) in [5.74, 6) is -1.34. The highest BCUT2D eigenvalue weighted by Gasteiger charge is 2.26. The van der Waals surface area contributed by atoms with Crippen molar-refractivity contribution < 1.29 is 27.9 Å². The average molecular weight is 468 g/mol. The molecule has 0 saturated heterocycles. The molecule has 1 atom stereocenters. The van der Waals surface area contributed by atoms with E-state index in [1.807, 2.05) is 0 Å². The van der Waals surface area contributed by atoms with Crippen molar-refractivity contribution in [1.82, 2.24) is 0 Å². The van der Waals surface area contributed by atoms with E-state index >= 15 is 0 Å². The molecule has 0 aliphatic rings. The van der Waals surface area contributed by atoms with Crippen LogP contribution in [0.25, 0.3) is 11.0 Å². The first-order chi connectivity index (χ1) is 15.9. The van der Waals surface area contributed by atoms with Gasteiger partial charge >= 0.3 is 0 Å². The third-order valence-electron chi connectivity index (χ3n) is 4.97. The lowest BCUT2D eigenvalue weighted by Crippen LogP contribution is -2.30. The molecule has 0 spiro atoms. The standard InChI is InChI=1S/C25H19ClFNO5/c1-14(32-21-10-6-4-8-18(21)27)25(30)28-22-16-7-3-5-9-19(16)33-24(22)23(29)15-11-12-20(31-2)17(26)13-15/h3-14H,1-2H3,(H,28,30). The summed E-state index contributed by atoms with van der Waals surface area (Å²) in [6.45, 7) is 1.48. The highest BCUT2D eigenvalue weighted by atomic mass is 35.5. The fourth-order valence-electron chi connectivity index (χ4n) is 3.28. The minimum atomic E-state index is -1.05. The number of ether oxygens (including phenoxy) is 2. The van der Waals surface area contributed by atoms with Gasteiger partial charge in [-0.05, 0) is 49.4 Å². The molecule has 8 heteroatoms. The summed E-state index contributed by atoms with van der Waals surface area (Å²) >= 11 is 6.17. The Bertz CT molecular complexity index is 1350. The normalized spacial score (nSPS) is 11.8. The molecule has 1 aromatic heterocycles. The van der Waals surface area contributed by atoms with Crippen molar-refractivity contribution in [3.8, 4) is 11.5 Å². The van der Waals surface area contributed by atoms with Crippen LogP contribution in [0.15, 0.2) is 71.1 Å². The molecule has 1 heterocycles. The second kappa shape index (κ2) is 9.34. The number of furan rings is 1. The Morgan fingerprint density at radius 3 is 2.48 bits per heavy atom. The Kier molecular flexibility index (Phi) is 6.33. The fraction of sp³-hybridized carbons (Fsp3) is 0.120. The van der Waals surface area contributed by atoms with Crippen LogP contribution in [0.2, 0.25) is 5.02 Å². The third-order valence-corrected chi connectivity index (χ3v) is 5.27. The second-order valence-corrected chi connectivity index (χ2v) is 7.57. The van der Waals surface area contributed by atoms with Crippen molar-refractivity contribution in [2.75, 3.05) is 12.4 Å². The molecule has 3 aromatic carbocycles. The molecule has 33 heavy (non-hydrogen) atoms. The first-order valence-electron chi connectivity index (χ1n) is 10.0. The Hall–Kier alpha value is -3.84. The van der Waals surface area contributed by atoms with E-state index in [9.17, 15) is 14.0 Å². The number of methoxy groups -OCH3 is 1. The quantitative estimate of drug-likeness (QED) is 0.344. The van der Waals surface area contributed by atoms with Gasteiger partial charge in [0.1, 0.15) is 11.3 Å². The second-order valence-electron chi connectivity index (χ2n) is 7.16. The molecule has 0 saturated carbocycles. The molecular formula is C25H19ClFNO5. The fourth-order valence-corrected chi connectivity index (χ4v) is 3.53. The van der Waals surface area contributed by atoms with E-state index in [0.717, 1.165) is 0 Å². The molecule has 6 nitrogen and oxygen atoms in total. The molecule has 0 fully saturated rings. The number of para-hydroxylation sites is 2. The molecule has 4 aromatic rings. The number of carbonyl (C=O) groups is 2. The number of anilines is 1. The average Bonchev–Trinajstić information content (AvgIpc) is 3.18. The number of hydrogen-bond acceptors (Lipinski definition) is 5. The highest BCUT2D eigenvalue weighted by molar-refractivity contribution is 6.32. The van der Waals surface area contributed by atoms with Crippen LogP contribution in [-0.2, 0) is 4.79 Å². The van der Waals surface area contributed by atoms with Crippen molar-refractivity contribution in [2.45, 2.75) is 13.0 Å². The molecule has 0 bridgehead atoms. The lowest BCUT2D eigenvalue weighted by Gasteiger charge is -2.15. The van der Waals surface area contributed by atoms with E-state index in [0.29, 0.717) is 16.7 Å². The van der Waals surface area contributed by atoms with E-state index in [2.05, 4.69) is 5.32 Å². The third kappa shape index (κ3) is 4.54. The van der Waals surface area contributed by atoms with Gasteiger partial charge in [0.25, 0.3) is 5.91 Å². The van der Waals surface area contributed by atoms with Crippen molar-refractivity contribution >= 4 is 39.9 Å². The van der Waals surface area contributed by atoms with Crippen molar-refractivity contribution in [3.63, 3.8) is 0 Å². The zero-order valence-electron chi connectivity index (χ0n) is 17.7. The van der Waals surface area contributed by atoms with E-state index in [1.165, 1.54) is 38.3 Å². The number of amides is 1. The Morgan fingerprint density at radius 2 is 1.76 bits per heavy atom. The van der Waals surface area contributed by atoms with Crippen LogP contribution < -0.4 is 14.8 Å². The predicted molar refractivity (Wildman–Crippen MR) is 123 cm³/mol. The predicted octanol–water partition coefficient (Wildman–Crippen LogP) is 5.87. The molecule has 0 aliphatic heterocycles. The molecule has 0 aliphatic carbocycles. The van der Waals surface area contributed by atoms with Crippen molar-refractivity contribution in [3.05, 3.63) is 88.9 Å². The van der Waals surface area contributed by atoms with Crippen molar-refractivity contribution in [2.24, 2.45) is 0 Å². The number of hydrogen-bond donors (Lipinski definition) is 1. The largest absolute Gasteiger partial charge is 0.495 e. The Labute approximate surface area is 193 Å². The minimum absolute atomic E-state index is 0.0543. The Morgan fingerprint density at radius 1 is 1.03 bits per heavy atom. The molecule has 1 unspecified atom stereocenters. The Balaban J connectivity index is 1.66. The monoisotopic (exact) mass is 467 g/mol. The van der Waals surface area contributed by atoms with Gasteiger partial charge in [-0.25, -0.2) is 4.39 Å². The van der Waals surface area contributed by atoms with Crippen LogP contribution in [0.4, 0.5) is 10.1 Å². The molecular weight excluding hydrogens is 449 g/mol. The zero-order valence-corrected chi connectivity index (χ0v) is 18.5. The topological polar surface area (TPSA) is 77.8 Å². The summed E-state index contributed by atoms with van der Waals surface area (Å²) in [5, 5.41) is 3.50. The number of rotatable bonds is 7. The van der Waals surface area contributed by atoms with E-state index < -0.39 is 23.6 Å². The van der Waals surface area contributed by atoms with Crippen molar-refractivity contribution in [1.29, 1.82) is 0 Å². The maximum absolute atomic E-state index is 13.9. The van der Waals surface area contributed by atoms with Crippen LogP contribution in [0.5, 0.6) is 11.5 Å². The van der Waals surface area contributed by atoms with Gasteiger partial charge < -0.3 is 19.2 Å². The van der Waals surface area contributed by atoms with Gasteiger partial charge in [-0.2, -0.15) is 0 Å².